The van der Waals surface area contributed by atoms with Crippen molar-refractivity contribution in [2.75, 3.05) is 35.2 Å². The lowest BCUT2D eigenvalue weighted by Gasteiger charge is -2.22. The number of anilines is 2. The van der Waals surface area contributed by atoms with Gasteiger partial charge < -0.3 is 10.0 Å². The molecule has 0 aromatic heterocycles. The fourth-order valence-corrected chi connectivity index (χ4v) is 2.62. The van der Waals surface area contributed by atoms with E-state index in [2.05, 4.69) is 15.4 Å². The summed E-state index contributed by atoms with van der Waals surface area (Å²) < 4.78 is 0. The third-order valence-electron chi connectivity index (χ3n) is 3.51. The molecular weight excluding hydrogens is 361 g/mol. The molecule has 0 spiro atoms. The van der Waals surface area contributed by atoms with Crippen LogP contribution in [0.1, 0.15) is 15.9 Å². The topological polar surface area (TPSA) is 64.9 Å². The lowest BCUT2D eigenvalue weighted by Crippen LogP contribution is -2.27. The molecule has 0 unspecified atom stereocenters. The summed E-state index contributed by atoms with van der Waals surface area (Å²) >= 11 is 11.6. The zero-order valence-corrected chi connectivity index (χ0v) is 15.0. The zero-order chi connectivity index (χ0) is 18.1. The van der Waals surface area contributed by atoms with Gasteiger partial charge in [0.25, 0.3) is 0 Å². The molecule has 7 heteroatoms. The summed E-state index contributed by atoms with van der Waals surface area (Å²) in [6.45, 7) is 1.49. The smallest absolute Gasteiger partial charge is 0.335 e. The standard InChI is InChI=1S/C18H19Cl2N3O2/c19-9-11-23(12-10-20)17-7-1-14(2-8-17)13-21-22-16-5-3-15(4-6-16)18(24)25/h1-8,13,22H,9-12H2,(H,24,25)/b21-13+. The molecule has 0 aliphatic heterocycles. The van der Waals surface area contributed by atoms with Crippen molar-refractivity contribution in [2.45, 2.75) is 0 Å². The maximum absolute atomic E-state index is 10.8. The summed E-state index contributed by atoms with van der Waals surface area (Å²) in [7, 11) is 0. The summed E-state index contributed by atoms with van der Waals surface area (Å²) in [5.41, 5.74) is 5.83. The highest BCUT2D eigenvalue weighted by Gasteiger charge is 2.04. The van der Waals surface area contributed by atoms with E-state index < -0.39 is 5.97 Å². The summed E-state index contributed by atoms with van der Waals surface area (Å²) in [6, 6.07) is 14.3. The van der Waals surface area contributed by atoms with E-state index in [1.807, 2.05) is 24.3 Å². The summed E-state index contributed by atoms with van der Waals surface area (Å²) in [5.74, 6) is 0.141. The Morgan fingerprint density at radius 1 is 1.04 bits per heavy atom. The van der Waals surface area contributed by atoms with Gasteiger partial charge in [-0.1, -0.05) is 12.1 Å². The molecule has 0 aliphatic carbocycles. The first kappa shape index (κ1) is 19.1. The second-order valence-electron chi connectivity index (χ2n) is 5.21. The average molecular weight is 380 g/mol. The molecule has 0 amide bonds. The molecule has 0 saturated carbocycles. The maximum atomic E-state index is 10.8. The van der Waals surface area contributed by atoms with Crippen molar-refractivity contribution in [3.8, 4) is 0 Å². The second-order valence-corrected chi connectivity index (χ2v) is 5.96. The van der Waals surface area contributed by atoms with E-state index in [1.54, 1.807) is 18.3 Å². The van der Waals surface area contributed by atoms with E-state index in [4.69, 9.17) is 28.3 Å². The Kier molecular flexibility index (Phi) is 7.57. The normalized spacial score (nSPS) is 10.8. The highest BCUT2D eigenvalue weighted by atomic mass is 35.5. The van der Waals surface area contributed by atoms with Crippen molar-refractivity contribution in [1.82, 2.24) is 0 Å². The SMILES string of the molecule is O=C(O)c1ccc(N/N=C/c2ccc(N(CCCl)CCCl)cc2)cc1. The van der Waals surface area contributed by atoms with Crippen LogP contribution < -0.4 is 10.3 Å². The molecule has 25 heavy (non-hydrogen) atoms. The maximum Gasteiger partial charge on any atom is 0.335 e. The third-order valence-corrected chi connectivity index (χ3v) is 3.84. The lowest BCUT2D eigenvalue weighted by atomic mass is 10.2. The van der Waals surface area contributed by atoms with Gasteiger partial charge in [-0.3, -0.25) is 5.43 Å². The molecule has 0 radical (unpaired) electrons. The molecule has 0 heterocycles. The van der Waals surface area contributed by atoms with Crippen molar-refractivity contribution in [3.63, 3.8) is 0 Å². The van der Waals surface area contributed by atoms with Crippen LogP contribution in [0.4, 0.5) is 11.4 Å². The van der Waals surface area contributed by atoms with Gasteiger partial charge in [0.15, 0.2) is 0 Å². The number of halogens is 2. The van der Waals surface area contributed by atoms with Crippen LogP contribution in [-0.2, 0) is 0 Å². The van der Waals surface area contributed by atoms with Crippen LogP contribution in [0.15, 0.2) is 53.6 Å². The van der Waals surface area contributed by atoms with Crippen molar-refractivity contribution >= 4 is 46.8 Å². The summed E-state index contributed by atoms with van der Waals surface area (Å²) in [5, 5.41) is 13.0. The Balaban J connectivity index is 1.95. The molecule has 2 aromatic carbocycles. The number of benzene rings is 2. The molecule has 0 atom stereocenters. The number of hydrogen-bond donors (Lipinski definition) is 2. The van der Waals surface area contributed by atoms with Gasteiger partial charge in [0, 0.05) is 30.5 Å². The predicted molar refractivity (Wildman–Crippen MR) is 105 cm³/mol. The van der Waals surface area contributed by atoms with Gasteiger partial charge in [-0.2, -0.15) is 5.10 Å². The van der Waals surface area contributed by atoms with Crippen molar-refractivity contribution in [2.24, 2.45) is 5.10 Å². The number of rotatable bonds is 9. The first-order valence-corrected chi connectivity index (χ1v) is 8.80. The molecule has 5 nitrogen and oxygen atoms in total. The quantitative estimate of drug-likeness (QED) is 0.390. The van der Waals surface area contributed by atoms with E-state index in [0.29, 0.717) is 17.4 Å². The Morgan fingerprint density at radius 2 is 1.64 bits per heavy atom. The number of carboxylic acids is 1. The number of nitrogens with one attached hydrogen (secondary N) is 1. The lowest BCUT2D eigenvalue weighted by molar-refractivity contribution is 0.0697. The zero-order valence-electron chi connectivity index (χ0n) is 13.5. The Labute approximate surface area is 156 Å². The van der Waals surface area contributed by atoms with Gasteiger partial charge in [0.05, 0.1) is 17.5 Å². The first-order valence-electron chi connectivity index (χ1n) is 7.73. The molecule has 2 rings (SSSR count). The number of hydrogen-bond acceptors (Lipinski definition) is 4. The van der Waals surface area contributed by atoms with Crippen LogP contribution in [0.2, 0.25) is 0 Å². The predicted octanol–water partition coefficient (Wildman–Crippen LogP) is 4.11. The van der Waals surface area contributed by atoms with Crippen molar-refractivity contribution in [3.05, 3.63) is 59.7 Å². The molecule has 2 aromatic rings. The molecule has 2 N–H and O–H groups in total. The molecule has 0 bridgehead atoms. The highest BCUT2D eigenvalue weighted by Crippen LogP contribution is 2.15. The second kappa shape index (κ2) is 9.91. The molecule has 0 saturated heterocycles. The number of carboxylic acid groups (broad SMARTS) is 1. The average Bonchev–Trinajstić information content (AvgIpc) is 2.62. The molecule has 0 aliphatic rings. The van der Waals surface area contributed by atoms with Crippen LogP contribution >= 0.6 is 23.2 Å². The van der Waals surface area contributed by atoms with Crippen LogP contribution in [-0.4, -0.2) is 42.1 Å². The minimum Gasteiger partial charge on any atom is -0.478 e. The third kappa shape index (κ3) is 5.96. The largest absolute Gasteiger partial charge is 0.478 e. The van der Waals surface area contributed by atoms with E-state index in [1.165, 1.54) is 12.1 Å². The van der Waals surface area contributed by atoms with E-state index in [9.17, 15) is 4.79 Å². The fourth-order valence-electron chi connectivity index (χ4n) is 2.21. The van der Waals surface area contributed by atoms with Gasteiger partial charge in [0.2, 0.25) is 0 Å². The van der Waals surface area contributed by atoms with Gasteiger partial charge >= 0.3 is 5.97 Å². The van der Waals surface area contributed by atoms with Gasteiger partial charge in [-0.05, 0) is 42.0 Å². The first-order chi connectivity index (χ1) is 12.1. The summed E-state index contributed by atoms with van der Waals surface area (Å²) in [6.07, 6.45) is 1.70. The minimum absolute atomic E-state index is 0.239. The van der Waals surface area contributed by atoms with Crippen LogP contribution in [0.5, 0.6) is 0 Å². The minimum atomic E-state index is -0.951. The van der Waals surface area contributed by atoms with Crippen LogP contribution in [0.25, 0.3) is 0 Å². The molecule has 0 fully saturated rings. The van der Waals surface area contributed by atoms with Crippen molar-refractivity contribution < 1.29 is 9.90 Å². The van der Waals surface area contributed by atoms with Gasteiger partial charge in [0.1, 0.15) is 0 Å². The highest BCUT2D eigenvalue weighted by molar-refractivity contribution is 6.18. The molecular formula is C18H19Cl2N3O2. The van der Waals surface area contributed by atoms with Gasteiger partial charge in [-0.25, -0.2) is 4.79 Å². The molecule has 132 valence electrons. The van der Waals surface area contributed by atoms with Crippen molar-refractivity contribution in [1.29, 1.82) is 0 Å². The number of alkyl halides is 2. The number of carbonyl (C=O) groups is 1. The summed E-state index contributed by atoms with van der Waals surface area (Å²) in [4.78, 5) is 12.9. The van der Waals surface area contributed by atoms with E-state index >= 15 is 0 Å². The number of hydrazone groups is 1. The fraction of sp³-hybridized carbons (Fsp3) is 0.222. The number of aromatic carboxylic acids is 1. The number of nitrogens with zero attached hydrogens (tertiary/aromatic N) is 2. The Morgan fingerprint density at radius 3 is 2.16 bits per heavy atom. The van der Waals surface area contributed by atoms with E-state index in [-0.39, 0.29) is 5.56 Å². The van der Waals surface area contributed by atoms with E-state index in [0.717, 1.165) is 24.3 Å². The monoisotopic (exact) mass is 379 g/mol. The Bertz CT molecular complexity index is 697. The van der Waals surface area contributed by atoms with Gasteiger partial charge in [-0.15, -0.1) is 23.2 Å². The van der Waals surface area contributed by atoms with Crippen LogP contribution in [0, 0.1) is 0 Å². The van der Waals surface area contributed by atoms with Crippen LogP contribution in [0.3, 0.4) is 0 Å². The Hall–Kier alpha value is -2.24.